The Balaban J connectivity index is 3.81. The van der Waals surface area contributed by atoms with Crippen molar-refractivity contribution in [1.82, 2.24) is 9.80 Å². The van der Waals surface area contributed by atoms with Gasteiger partial charge < -0.3 is 20.0 Å². The molecule has 234 valence electrons. The van der Waals surface area contributed by atoms with E-state index in [1.165, 1.54) is 38.5 Å². The molecule has 0 radical (unpaired) electrons. The number of rotatable bonds is 29. The molecule has 10 heteroatoms. The number of carbonyl (C=O) groups excluding carboxylic acids is 2. The van der Waals surface area contributed by atoms with Crippen LogP contribution in [0.15, 0.2) is 24.6 Å². The lowest BCUT2D eigenvalue weighted by molar-refractivity contribution is -0.116. The van der Waals surface area contributed by atoms with Crippen molar-refractivity contribution in [3.05, 3.63) is 24.6 Å². The number of nitrogens with zero attached hydrogens (tertiary/aromatic N) is 2. The fourth-order valence-electron chi connectivity index (χ4n) is 4.23. The summed E-state index contributed by atoms with van der Waals surface area (Å²) in [5, 5.41) is 20.6. The molecule has 0 aliphatic carbocycles. The third-order valence-electron chi connectivity index (χ3n) is 6.47. The van der Waals surface area contributed by atoms with E-state index in [0.29, 0.717) is 12.8 Å². The minimum absolute atomic E-state index is 0.0246. The molecule has 0 aromatic rings. The molecule has 0 saturated heterocycles. The lowest BCUT2D eigenvalue weighted by Gasteiger charge is -2.13. The third kappa shape index (κ3) is 21.4. The summed E-state index contributed by atoms with van der Waals surface area (Å²) in [6.45, 7) is 5.77. The van der Waals surface area contributed by atoms with Gasteiger partial charge in [-0.05, 0) is 25.7 Å². The van der Waals surface area contributed by atoms with E-state index in [4.69, 9.17) is 0 Å². The van der Waals surface area contributed by atoms with Gasteiger partial charge in [0.1, 0.15) is 11.5 Å². The maximum atomic E-state index is 11.3. The van der Waals surface area contributed by atoms with Gasteiger partial charge in [0.2, 0.25) is 23.7 Å². The van der Waals surface area contributed by atoms with Crippen molar-refractivity contribution in [3.8, 4) is 0 Å². The molecule has 0 fully saturated rings. The van der Waals surface area contributed by atoms with Crippen molar-refractivity contribution in [1.29, 1.82) is 0 Å². The molecule has 4 unspecified atom stereocenters. The fraction of sp³-hybridized carbons (Fsp3) is 0.800. The summed E-state index contributed by atoms with van der Waals surface area (Å²) in [6, 6.07) is 0. The Labute approximate surface area is 259 Å². The molecule has 4 atom stereocenters. The van der Waals surface area contributed by atoms with E-state index in [2.05, 4.69) is 26.4 Å². The van der Waals surface area contributed by atoms with Gasteiger partial charge in [-0.3, -0.25) is 9.59 Å². The van der Waals surface area contributed by atoms with Crippen LogP contribution in [0.4, 0.5) is 0 Å². The number of hydrogen-bond acceptors (Lipinski definition) is 6. The van der Waals surface area contributed by atoms with Crippen molar-refractivity contribution in [3.63, 3.8) is 0 Å². The summed E-state index contributed by atoms with van der Waals surface area (Å²) in [5.41, 5.74) is -0.663. The molecule has 40 heavy (non-hydrogen) atoms. The van der Waals surface area contributed by atoms with Gasteiger partial charge in [0.05, 0.1) is 41.4 Å². The van der Waals surface area contributed by atoms with Gasteiger partial charge in [0.25, 0.3) is 0 Å². The lowest BCUT2D eigenvalue weighted by atomic mass is 10.1. The predicted molar refractivity (Wildman–Crippen MR) is 183 cm³/mol. The van der Waals surface area contributed by atoms with Gasteiger partial charge in [-0.15, -0.1) is 0 Å². The van der Waals surface area contributed by atoms with Crippen molar-refractivity contribution >= 4 is 54.3 Å². The summed E-state index contributed by atoms with van der Waals surface area (Å²) in [7, 11) is 3.43. The monoisotopic (exact) mass is 638 g/mol. The summed E-state index contributed by atoms with van der Waals surface area (Å²) < 4.78 is 0. The highest BCUT2D eigenvalue weighted by Gasteiger charge is 2.27. The number of aliphatic hydroxyl groups excluding tert-OH is 2. The Morgan fingerprint density at radius 1 is 0.625 bits per heavy atom. The van der Waals surface area contributed by atoms with Gasteiger partial charge in [-0.1, -0.05) is 77.4 Å². The Bertz CT molecular complexity index is 603. The van der Waals surface area contributed by atoms with Gasteiger partial charge >= 0.3 is 0 Å². The standard InChI is InChI=1S/C30H58N2O4S4/c1-5-25-39(37-3)29(35)19-17-23-31(27-33)21-15-13-11-9-7-8-10-12-14-16-22-32(28-34)24-18-20-30(36)40(38-4)26-6-2/h17-18,23-24,27-30,35-36H,5-16,19-22,25-26H2,1-4H3/q+2. The van der Waals surface area contributed by atoms with Crippen LogP contribution in [0.2, 0.25) is 0 Å². The van der Waals surface area contributed by atoms with Crippen molar-refractivity contribution in [2.24, 2.45) is 0 Å². The van der Waals surface area contributed by atoms with Crippen LogP contribution in [0, 0.1) is 0 Å². The first-order valence-electron chi connectivity index (χ1n) is 15.1. The highest BCUT2D eigenvalue weighted by Crippen LogP contribution is 2.22. The van der Waals surface area contributed by atoms with Crippen LogP contribution in [0.1, 0.15) is 104 Å². The molecular weight excluding hydrogens is 581 g/mol. The number of amides is 2. The molecular formula is C30H58N2O4S4+2. The zero-order chi connectivity index (χ0) is 29.8. The Morgan fingerprint density at radius 3 is 1.23 bits per heavy atom. The van der Waals surface area contributed by atoms with E-state index >= 15 is 0 Å². The smallest absolute Gasteiger partial charge is 0.231 e. The van der Waals surface area contributed by atoms with E-state index in [9.17, 15) is 19.8 Å². The largest absolute Gasteiger partial charge is 0.348 e. The van der Waals surface area contributed by atoms with Gasteiger partial charge in [0, 0.05) is 50.8 Å². The summed E-state index contributed by atoms with van der Waals surface area (Å²) >= 11 is 0. The van der Waals surface area contributed by atoms with Gasteiger partial charge in [-0.25, -0.2) is 0 Å². The van der Waals surface area contributed by atoms with Crippen LogP contribution in [0.25, 0.3) is 0 Å². The molecule has 0 bridgehead atoms. The van der Waals surface area contributed by atoms with Crippen molar-refractivity contribution < 1.29 is 19.8 Å². The van der Waals surface area contributed by atoms with Crippen molar-refractivity contribution in [2.45, 2.75) is 115 Å². The molecule has 0 rings (SSSR count). The topological polar surface area (TPSA) is 81.1 Å². The summed E-state index contributed by atoms with van der Waals surface area (Å²) in [6.07, 6.45) is 28.4. The fourth-order valence-corrected chi connectivity index (χ4v) is 10.8. The number of carbonyl (C=O) groups is 2. The third-order valence-corrected chi connectivity index (χ3v) is 15.4. The molecule has 2 N–H and O–H groups in total. The first-order valence-corrected chi connectivity index (χ1v) is 21.5. The average molecular weight is 639 g/mol. The second-order valence-corrected chi connectivity index (χ2v) is 18.5. The molecule has 6 nitrogen and oxygen atoms in total. The minimum Gasteiger partial charge on any atom is -0.348 e. The second-order valence-electron chi connectivity index (χ2n) is 9.88. The molecule has 0 saturated carbocycles. The Morgan fingerprint density at radius 2 is 0.950 bits per heavy atom. The first kappa shape index (κ1) is 39.7. The van der Waals surface area contributed by atoms with Crippen LogP contribution in [-0.4, -0.2) is 80.8 Å². The molecule has 0 aromatic carbocycles. The van der Waals surface area contributed by atoms with E-state index in [0.717, 1.165) is 75.9 Å². The van der Waals surface area contributed by atoms with E-state index < -0.39 is 0 Å². The quantitative estimate of drug-likeness (QED) is 0.0403. The lowest BCUT2D eigenvalue weighted by Crippen LogP contribution is -2.20. The molecule has 0 aliphatic heterocycles. The molecule has 0 aliphatic rings. The van der Waals surface area contributed by atoms with Crippen LogP contribution in [0.3, 0.4) is 0 Å². The summed E-state index contributed by atoms with van der Waals surface area (Å²) in [5.74, 6) is 2.08. The zero-order valence-electron chi connectivity index (χ0n) is 25.6. The number of unbranched alkanes of at least 4 members (excludes halogenated alkanes) is 9. The highest BCUT2D eigenvalue weighted by atomic mass is 33.1. The predicted octanol–water partition coefficient (Wildman–Crippen LogP) is 6.86. The average Bonchev–Trinajstić information content (AvgIpc) is 2.96. The van der Waals surface area contributed by atoms with Crippen LogP contribution in [-0.2, 0) is 29.4 Å². The van der Waals surface area contributed by atoms with Crippen LogP contribution < -0.4 is 0 Å². The number of hydrogen-bond donors (Lipinski definition) is 2. The molecule has 0 heterocycles. The summed E-state index contributed by atoms with van der Waals surface area (Å²) in [4.78, 5) is 26.1. The zero-order valence-corrected chi connectivity index (χ0v) is 28.9. The normalized spacial score (nSPS) is 14.8. The Hall–Kier alpha value is -0.260. The second kappa shape index (κ2) is 28.8. The van der Waals surface area contributed by atoms with E-state index in [1.807, 2.05) is 24.6 Å². The van der Waals surface area contributed by atoms with E-state index in [-0.39, 0.29) is 30.7 Å². The van der Waals surface area contributed by atoms with Crippen molar-refractivity contribution in [2.75, 3.05) is 37.1 Å². The Kier molecular flexibility index (Phi) is 28.7. The van der Waals surface area contributed by atoms with Crippen LogP contribution >= 0.6 is 21.6 Å². The van der Waals surface area contributed by atoms with Gasteiger partial charge in [-0.2, -0.15) is 0 Å². The van der Waals surface area contributed by atoms with Gasteiger partial charge in [0.15, 0.2) is 0 Å². The molecule has 0 aromatic heterocycles. The highest BCUT2D eigenvalue weighted by molar-refractivity contribution is 8.74. The molecule has 2 amide bonds. The van der Waals surface area contributed by atoms with E-state index in [1.54, 1.807) is 31.4 Å². The maximum absolute atomic E-state index is 11.3. The first-order chi connectivity index (χ1) is 19.5. The molecule has 0 spiro atoms. The minimum atomic E-state index is -0.331. The SMILES string of the molecule is CCC[S+](SC)C(O)CC=CN(C=O)CCCCCCCCCCCCN(C=O)C=CCC(O)[S+](CCC)SC. The van der Waals surface area contributed by atoms with Crippen LogP contribution in [0.5, 0.6) is 0 Å². The number of aliphatic hydroxyl groups is 2. The maximum Gasteiger partial charge on any atom is 0.231 e.